The van der Waals surface area contributed by atoms with Crippen LogP contribution >= 0.6 is 11.3 Å². The largest absolute Gasteiger partial charge is 0.353 e. The highest BCUT2D eigenvalue weighted by molar-refractivity contribution is 7.10. The van der Waals surface area contributed by atoms with E-state index in [-0.39, 0.29) is 11.9 Å². The predicted octanol–water partition coefficient (Wildman–Crippen LogP) is 1.40. The number of amides is 1. The van der Waals surface area contributed by atoms with Gasteiger partial charge in [0.05, 0.1) is 12.2 Å². The first-order valence-corrected chi connectivity index (χ1v) is 8.59. The quantitative estimate of drug-likeness (QED) is 0.777. The van der Waals surface area contributed by atoms with Crippen LogP contribution in [0.1, 0.15) is 16.7 Å². The third-order valence-corrected chi connectivity index (χ3v) is 4.93. The van der Waals surface area contributed by atoms with E-state index in [1.807, 2.05) is 47.8 Å². The number of aromatic nitrogens is 4. The van der Waals surface area contributed by atoms with Gasteiger partial charge in [-0.1, -0.05) is 24.3 Å². The van der Waals surface area contributed by atoms with E-state index in [0.717, 1.165) is 22.9 Å². The highest BCUT2D eigenvalue weighted by Gasteiger charge is 2.32. The van der Waals surface area contributed by atoms with Crippen molar-refractivity contribution in [3.05, 3.63) is 58.5 Å². The van der Waals surface area contributed by atoms with Crippen molar-refractivity contribution in [3.63, 3.8) is 0 Å². The Kier molecular flexibility index (Phi) is 4.06. The van der Waals surface area contributed by atoms with Crippen molar-refractivity contribution in [2.45, 2.75) is 12.6 Å². The summed E-state index contributed by atoms with van der Waals surface area (Å²) in [6, 6.07) is 13.4. The lowest BCUT2D eigenvalue weighted by molar-refractivity contribution is -0.129. The first-order valence-electron chi connectivity index (χ1n) is 7.71. The molecular formula is C16H16N6OS. The van der Waals surface area contributed by atoms with Crippen molar-refractivity contribution in [2.24, 2.45) is 0 Å². The summed E-state index contributed by atoms with van der Waals surface area (Å²) >= 11 is 1.59. The van der Waals surface area contributed by atoms with Gasteiger partial charge < -0.3 is 5.32 Å². The van der Waals surface area contributed by atoms with Gasteiger partial charge in [-0.2, -0.15) is 4.68 Å². The first kappa shape index (κ1) is 15.0. The minimum absolute atomic E-state index is 0.0300. The molecule has 1 unspecified atom stereocenters. The van der Waals surface area contributed by atoms with Crippen molar-refractivity contribution in [1.29, 1.82) is 0 Å². The van der Waals surface area contributed by atoms with E-state index in [1.54, 1.807) is 16.0 Å². The number of tetrazole rings is 1. The molecule has 1 N–H and O–H groups in total. The number of benzene rings is 1. The number of nitrogens with zero attached hydrogens (tertiary/aromatic N) is 5. The van der Waals surface area contributed by atoms with E-state index in [0.29, 0.717) is 13.1 Å². The zero-order chi connectivity index (χ0) is 16.4. The van der Waals surface area contributed by atoms with Crippen molar-refractivity contribution in [2.75, 3.05) is 13.1 Å². The summed E-state index contributed by atoms with van der Waals surface area (Å²) in [5.74, 6) is 0.750. The number of carbonyl (C=O) groups excluding carboxylic acids is 1. The number of piperazine rings is 1. The number of nitrogens with one attached hydrogen (secondary N) is 1. The van der Waals surface area contributed by atoms with Gasteiger partial charge >= 0.3 is 0 Å². The summed E-state index contributed by atoms with van der Waals surface area (Å²) in [4.78, 5) is 15.5. The predicted molar refractivity (Wildman–Crippen MR) is 89.6 cm³/mol. The Hall–Kier alpha value is -2.58. The van der Waals surface area contributed by atoms with Gasteiger partial charge in [0.2, 0.25) is 5.91 Å². The Labute approximate surface area is 142 Å². The van der Waals surface area contributed by atoms with Crippen LogP contribution in [0.5, 0.6) is 0 Å². The number of para-hydroxylation sites is 1. The van der Waals surface area contributed by atoms with Crippen LogP contribution in [-0.2, 0) is 11.3 Å². The van der Waals surface area contributed by atoms with E-state index >= 15 is 0 Å². The van der Waals surface area contributed by atoms with Gasteiger partial charge in [0.15, 0.2) is 5.82 Å². The summed E-state index contributed by atoms with van der Waals surface area (Å²) < 4.78 is 1.72. The molecule has 122 valence electrons. The van der Waals surface area contributed by atoms with E-state index < -0.39 is 0 Å². The van der Waals surface area contributed by atoms with Gasteiger partial charge in [0, 0.05) is 18.0 Å². The zero-order valence-corrected chi connectivity index (χ0v) is 13.7. The van der Waals surface area contributed by atoms with Crippen LogP contribution in [0, 0.1) is 0 Å². The molecule has 3 heterocycles. The average Bonchev–Trinajstić information content (AvgIpc) is 3.28. The second-order valence-electron chi connectivity index (χ2n) is 5.52. The van der Waals surface area contributed by atoms with Gasteiger partial charge in [0.1, 0.15) is 6.04 Å². The van der Waals surface area contributed by atoms with E-state index in [1.165, 1.54) is 0 Å². The number of hydrogen-bond acceptors (Lipinski definition) is 6. The fourth-order valence-electron chi connectivity index (χ4n) is 2.90. The molecule has 0 radical (unpaired) electrons. The lowest BCUT2D eigenvalue weighted by Crippen LogP contribution is -2.49. The Morgan fingerprint density at radius 3 is 2.88 bits per heavy atom. The second kappa shape index (κ2) is 6.50. The molecule has 0 saturated carbocycles. The highest BCUT2D eigenvalue weighted by Crippen LogP contribution is 2.28. The number of rotatable bonds is 4. The van der Waals surface area contributed by atoms with Gasteiger partial charge in [-0.3, -0.25) is 9.69 Å². The standard InChI is InChI=1S/C16H16N6OS/c23-16-15(13-7-4-10-24-13)21(9-8-17-16)11-14-18-19-20-22(14)12-5-2-1-3-6-12/h1-7,10,15H,8-9,11H2,(H,17,23). The molecule has 0 bridgehead atoms. The lowest BCUT2D eigenvalue weighted by atomic mass is 10.1. The molecule has 0 spiro atoms. The zero-order valence-electron chi connectivity index (χ0n) is 12.9. The SMILES string of the molecule is O=C1NCCN(Cc2nnnn2-c2ccccc2)C1c1cccs1. The minimum atomic E-state index is -0.292. The van der Waals surface area contributed by atoms with Gasteiger partial charge in [0.25, 0.3) is 0 Å². The van der Waals surface area contributed by atoms with Crippen LogP contribution in [0.4, 0.5) is 0 Å². The number of carbonyl (C=O) groups is 1. The third-order valence-electron chi connectivity index (χ3n) is 4.00. The van der Waals surface area contributed by atoms with Gasteiger partial charge in [-0.15, -0.1) is 16.4 Å². The molecule has 3 aromatic rings. The summed E-state index contributed by atoms with van der Waals surface area (Å²) in [6.07, 6.45) is 0. The smallest absolute Gasteiger partial charge is 0.242 e. The summed E-state index contributed by atoms with van der Waals surface area (Å²) in [5, 5.41) is 17.0. The van der Waals surface area contributed by atoms with Crippen LogP contribution in [0.3, 0.4) is 0 Å². The molecule has 24 heavy (non-hydrogen) atoms. The molecular weight excluding hydrogens is 324 g/mol. The maximum atomic E-state index is 12.4. The third kappa shape index (κ3) is 2.81. The summed E-state index contributed by atoms with van der Waals surface area (Å²) in [5.41, 5.74) is 0.909. The molecule has 1 fully saturated rings. The summed E-state index contributed by atoms with van der Waals surface area (Å²) in [7, 11) is 0. The molecule has 7 nitrogen and oxygen atoms in total. The molecule has 2 aromatic heterocycles. The lowest BCUT2D eigenvalue weighted by Gasteiger charge is -2.33. The fourth-order valence-corrected chi connectivity index (χ4v) is 3.75. The van der Waals surface area contributed by atoms with Crippen LogP contribution in [0.15, 0.2) is 47.8 Å². The Bertz CT molecular complexity index is 816. The average molecular weight is 340 g/mol. The van der Waals surface area contributed by atoms with Crippen molar-refractivity contribution in [1.82, 2.24) is 30.4 Å². The van der Waals surface area contributed by atoms with Gasteiger partial charge in [-0.25, -0.2) is 0 Å². The van der Waals surface area contributed by atoms with E-state index in [9.17, 15) is 4.79 Å². The van der Waals surface area contributed by atoms with Crippen LogP contribution in [0.2, 0.25) is 0 Å². The van der Waals surface area contributed by atoms with Crippen molar-refractivity contribution in [3.8, 4) is 5.69 Å². The van der Waals surface area contributed by atoms with Crippen molar-refractivity contribution < 1.29 is 4.79 Å². The number of hydrogen-bond donors (Lipinski definition) is 1. The van der Waals surface area contributed by atoms with E-state index in [2.05, 4.69) is 25.7 Å². The molecule has 1 saturated heterocycles. The molecule has 1 amide bonds. The Morgan fingerprint density at radius 1 is 1.21 bits per heavy atom. The maximum Gasteiger partial charge on any atom is 0.242 e. The molecule has 1 atom stereocenters. The van der Waals surface area contributed by atoms with Crippen LogP contribution in [-0.4, -0.2) is 44.1 Å². The molecule has 1 aliphatic rings. The van der Waals surface area contributed by atoms with E-state index in [4.69, 9.17) is 0 Å². The topological polar surface area (TPSA) is 75.9 Å². The maximum absolute atomic E-state index is 12.4. The molecule has 1 aliphatic heterocycles. The Balaban J connectivity index is 1.63. The normalized spacial score (nSPS) is 18.5. The number of thiophene rings is 1. The minimum Gasteiger partial charge on any atom is -0.353 e. The molecule has 8 heteroatoms. The fraction of sp³-hybridized carbons (Fsp3) is 0.250. The first-order chi connectivity index (χ1) is 11.8. The molecule has 1 aromatic carbocycles. The summed E-state index contributed by atoms with van der Waals surface area (Å²) in [6.45, 7) is 1.90. The van der Waals surface area contributed by atoms with Gasteiger partial charge in [-0.05, 0) is 34.0 Å². The molecule has 4 rings (SSSR count). The Morgan fingerprint density at radius 2 is 2.08 bits per heavy atom. The van der Waals surface area contributed by atoms with Crippen molar-refractivity contribution >= 4 is 17.2 Å². The van der Waals surface area contributed by atoms with Crippen LogP contribution < -0.4 is 5.32 Å². The second-order valence-corrected chi connectivity index (χ2v) is 6.50. The highest BCUT2D eigenvalue weighted by atomic mass is 32.1. The molecule has 0 aliphatic carbocycles. The van der Waals surface area contributed by atoms with Crippen LogP contribution in [0.25, 0.3) is 5.69 Å². The monoisotopic (exact) mass is 340 g/mol.